The van der Waals surface area contributed by atoms with E-state index in [1.54, 1.807) is 23.6 Å². The van der Waals surface area contributed by atoms with Crippen LogP contribution >= 0.6 is 0 Å². The molecule has 0 amide bonds. The van der Waals surface area contributed by atoms with E-state index in [0.29, 0.717) is 58.3 Å². The number of fused-ring (bicyclic) bond motifs is 9. The molecule has 0 fully saturated rings. The summed E-state index contributed by atoms with van der Waals surface area (Å²) in [5.41, 5.74) is 3.26. The van der Waals surface area contributed by atoms with Gasteiger partial charge >= 0.3 is 5.97 Å². The van der Waals surface area contributed by atoms with Gasteiger partial charge in [-0.25, -0.2) is 18.7 Å². The Morgan fingerprint density at radius 2 is 1.76 bits per heavy atom. The molecule has 54 heavy (non-hydrogen) atoms. The van der Waals surface area contributed by atoms with Crippen LogP contribution in [0.1, 0.15) is 68.7 Å². The molecule has 3 heterocycles. The van der Waals surface area contributed by atoms with Gasteiger partial charge in [-0.1, -0.05) is 66.7 Å². The number of ether oxygens (including phenoxy) is 2. The molecule has 0 radical (unpaired) electrons. The van der Waals surface area contributed by atoms with Gasteiger partial charge < -0.3 is 19.7 Å². The Bertz CT molecular complexity index is 2310. The van der Waals surface area contributed by atoms with Crippen LogP contribution in [0.4, 0.5) is 4.39 Å². The van der Waals surface area contributed by atoms with Crippen LogP contribution in [-0.2, 0) is 21.5 Å². The van der Waals surface area contributed by atoms with E-state index in [2.05, 4.69) is 4.90 Å². The van der Waals surface area contributed by atoms with Crippen molar-refractivity contribution in [1.82, 2.24) is 19.5 Å². The Hall–Kier alpha value is -5.32. The molecule has 2 aromatic heterocycles. The van der Waals surface area contributed by atoms with Crippen LogP contribution in [0.5, 0.6) is 5.75 Å². The number of halogens is 1. The summed E-state index contributed by atoms with van der Waals surface area (Å²) in [5.74, 6) is -0.567. The van der Waals surface area contributed by atoms with Crippen molar-refractivity contribution in [2.45, 2.75) is 77.8 Å². The van der Waals surface area contributed by atoms with Crippen LogP contribution in [0.2, 0.25) is 0 Å². The maximum Gasteiger partial charge on any atom is 0.337 e. The molecule has 2 unspecified atom stereocenters. The fourth-order valence-electron chi connectivity index (χ4n) is 7.43. The fourth-order valence-corrected chi connectivity index (χ4v) is 7.43. The zero-order chi connectivity index (χ0) is 38.6. The van der Waals surface area contributed by atoms with Crippen molar-refractivity contribution in [1.29, 1.82) is 0 Å². The lowest BCUT2D eigenvalue weighted by Gasteiger charge is -2.38. The molecule has 8 bridgehead atoms. The SMILES string of the molecule is Cc1ccc2cc1OCCN(Cc1ccccc1)CC1=C(O)C(C)(C=CC1(C)F)c1cccc(c1)-c1cc3nc(C)c([C@H](OC(C)(C)C)C(=O)O)c-2n3n1. The Morgan fingerprint density at radius 3 is 2.48 bits per heavy atom. The number of aliphatic hydroxyl groups is 1. The molecule has 7 rings (SSSR count). The number of rotatable bonds is 5. The number of aliphatic carboxylic acids is 1. The number of aliphatic hydroxyl groups excluding tert-OH is 1. The average molecular weight is 731 g/mol. The molecule has 9 nitrogen and oxygen atoms in total. The predicted molar refractivity (Wildman–Crippen MR) is 207 cm³/mol. The van der Waals surface area contributed by atoms with Crippen molar-refractivity contribution in [3.63, 3.8) is 0 Å². The monoisotopic (exact) mass is 730 g/mol. The summed E-state index contributed by atoms with van der Waals surface area (Å²) in [6.45, 7) is 14.0. The third-order valence-corrected chi connectivity index (χ3v) is 10.4. The minimum Gasteiger partial charge on any atom is -0.511 e. The van der Waals surface area contributed by atoms with Crippen molar-refractivity contribution in [2.24, 2.45) is 0 Å². The number of benzene rings is 3. The first-order chi connectivity index (χ1) is 25.5. The quantitative estimate of drug-likeness (QED) is 0.173. The van der Waals surface area contributed by atoms with Gasteiger partial charge in [0.2, 0.25) is 0 Å². The van der Waals surface area contributed by atoms with Gasteiger partial charge in [-0.3, -0.25) is 4.90 Å². The smallest absolute Gasteiger partial charge is 0.337 e. The summed E-state index contributed by atoms with van der Waals surface area (Å²) in [5, 5.41) is 27.7. The summed E-state index contributed by atoms with van der Waals surface area (Å²) >= 11 is 0. The van der Waals surface area contributed by atoms with E-state index in [0.717, 1.165) is 22.3 Å². The van der Waals surface area contributed by atoms with Crippen LogP contribution in [-0.4, -0.2) is 66.6 Å². The molecular weight excluding hydrogens is 684 g/mol. The van der Waals surface area contributed by atoms with Crippen LogP contribution in [0.3, 0.4) is 0 Å². The fraction of sp³-hybridized carbons (Fsp3) is 0.341. The van der Waals surface area contributed by atoms with E-state index in [1.165, 1.54) is 6.92 Å². The van der Waals surface area contributed by atoms with Crippen LogP contribution in [0, 0.1) is 13.8 Å². The highest BCUT2D eigenvalue weighted by atomic mass is 19.1. The number of hydrogen-bond acceptors (Lipinski definition) is 7. The predicted octanol–water partition coefficient (Wildman–Crippen LogP) is 8.88. The van der Waals surface area contributed by atoms with Crippen molar-refractivity contribution in [3.8, 4) is 28.3 Å². The molecular formula is C44H47FN4O5. The summed E-state index contributed by atoms with van der Waals surface area (Å²) in [6.07, 6.45) is 1.94. The third kappa shape index (κ3) is 7.03. The zero-order valence-electron chi connectivity index (χ0n) is 31.9. The molecule has 0 saturated carbocycles. The number of nitrogens with zero attached hydrogens (tertiary/aromatic N) is 4. The molecule has 0 saturated heterocycles. The van der Waals surface area contributed by atoms with Gasteiger partial charge in [-0.15, -0.1) is 0 Å². The van der Waals surface area contributed by atoms with E-state index >= 15 is 4.39 Å². The van der Waals surface area contributed by atoms with Crippen molar-refractivity contribution >= 4 is 11.6 Å². The van der Waals surface area contributed by atoms with Gasteiger partial charge in [-0.05, 0) is 83.4 Å². The first-order valence-electron chi connectivity index (χ1n) is 18.3. The molecule has 3 atom stereocenters. The standard InChI is InChI=1S/C44H47FN4O5/c1-27-16-17-31-23-35(27)53-21-20-48(25-29-12-9-8-10-13-29)26-33-40(50)43(6,18-19-44(33,7)45)32-15-11-14-30(22-32)34-24-36-46-28(2)37(38(31)49(36)47-34)39(41(51)52)54-42(3,4)5/h8-19,22-24,39,50H,20-21,25-26H2,1-7H3,(H,51,52)/t39-,43?,44?/m0/s1. The largest absolute Gasteiger partial charge is 0.511 e. The Labute approximate surface area is 315 Å². The number of aromatic nitrogens is 3. The first kappa shape index (κ1) is 37.0. The number of alkyl halides is 1. The first-order valence-corrected chi connectivity index (χ1v) is 18.3. The normalized spacial score (nSPS) is 21.1. The second kappa shape index (κ2) is 13.8. The second-order valence-corrected chi connectivity index (χ2v) is 15.8. The molecule has 10 heteroatoms. The maximum atomic E-state index is 16.5. The van der Waals surface area contributed by atoms with Gasteiger partial charge in [-0.2, -0.15) is 5.10 Å². The van der Waals surface area contributed by atoms with Gasteiger partial charge in [0, 0.05) is 53.7 Å². The topological polar surface area (TPSA) is 109 Å². The summed E-state index contributed by atoms with van der Waals surface area (Å²) in [7, 11) is 0. The van der Waals surface area contributed by atoms with Crippen molar-refractivity contribution in [2.75, 3.05) is 19.7 Å². The highest BCUT2D eigenvalue weighted by Gasteiger charge is 2.43. The van der Waals surface area contributed by atoms with Gasteiger partial charge in [0.05, 0.1) is 22.4 Å². The molecule has 0 spiro atoms. The highest BCUT2D eigenvalue weighted by molar-refractivity contribution is 5.81. The van der Waals surface area contributed by atoms with Gasteiger partial charge in [0.25, 0.3) is 0 Å². The molecule has 1 aliphatic heterocycles. The minimum atomic E-state index is -1.88. The number of carboxylic acid groups (broad SMARTS) is 1. The van der Waals surface area contributed by atoms with E-state index in [9.17, 15) is 15.0 Å². The lowest BCUT2D eigenvalue weighted by atomic mass is 9.71. The second-order valence-electron chi connectivity index (χ2n) is 15.8. The zero-order valence-corrected chi connectivity index (χ0v) is 31.9. The van der Waals surface area contributed by atoms with E-state index < -0.39 is 28.8 Å². The van der Waals surface area contributed by atoms with Crippen LogP contribution in [0.25, 0.3) is 28.2 Å². The number of carboxylic acids is 1. The Morgan fingerprint density at radius 1 is 1.00 bits per heavy atom. The third-order valence-electron chi connectivity index (χ3n) is 10.4. The summed E-state index contributed by atoms with van der Waals surface area (Å²) in [4.78, 5) is 19.9. The van der Waals surface area contributed by atoms with Gasteiger partial charge in [0.15, 0.2) is 17.4 Å². The van der Waals surface area contributed by atoms with Crippen molar-refractivity contribution < 1.29 is 28.9 Å². The molecule has 2 aliphatic rings. The molecule has 3 aromatic carbocycles. The Balaban J connectivity index is 1.47. The average Bonchev–Trinajstić information content (AvgIpc) is 3.54. The summed E-state index contributed by atoms with van der Waals surface area (Å²) < 4.78 is 30.9. The molecule has 5 aromatic rings. The van der Waals surface area contributed by atoms with Crippen LogP contribution < -0.4 is 4.74 Å². The van der Waals surface area contributed by atoms with E-state index in [-0.39, 0.29) is 18.9 Å². The number of allylic oxidation sites excluding steroid dienone is 2. The lowest BCUT2D eigenvalue weighted by Crippen LogP contribution is -2.40. The van der Waals surface area contributed by atoms with E-state index in [1.807, 2.05) is 113 Å². The number of hydrogen-bond donors (Lipinski definition) is 2. The van der Waals surface area contributed by atoms with E-state index in [4.69, 9.17) is 19.6 Å². The molecule has 2 N–H and O–H groups in total. The summed E-state index contributed by atoms with van der Waals surface area (Å²) in [6, 6.07) is 25.3. The lowest BCUT2D eigenvalue weighted by molar-refractivity contribution is -0.160. The van der Waals surface area contributed by atoms with Crippen molar-refractivity contribution in [3.05, 3.63) is 130 Å². The van der Waals surface area contributed by atoms with Gasteiger partial charge in [0.1, 0.15) is 18.1 Å². The minimum absolute atomic E-state index is 0.0337. The number of carbonyl (C=O) groups is 1. The maximum absolute atomic E-state index is 16.5. The highest BCUT2D eigenvalue weighted by Crippen LogP contribution is 2.44. The Kier molecular flexibility index (Phi) is 9.48. The number of aryl methyl sites for hydroxylation is 2. The molecule has 1 aliphatic carbocycles. The molecule has 280 valence electrons. The van der Waals surface area contributed by atoms with Crippen LogP contribution in [0.15, 0.2) is 102 Å².